The Hall–Kier alpha value is -1.11. The molecule has 0 aromatic heterocycles. The Kier molecular flexibility index (Phi) is 6.51. The number of carbonyl (C=O) groups is 1. The van der Waals surface area contributed by atoms with E-state index in [2.05, 4.69) is 12.2 Å². The molecule has 0 bridgehead atoms. The Bertz CT molecular complexity index is 726. The minimum atomic E-state index is -3.61. The zero-order valence-electron chi connectivity index (χ0n) is 15.3. The molecule has 1 aliphatic heterocycles. The fourth-order valence-electron chi connectivity index (χ4n) is 2.66. The molecule has 1 aromatic carbocycles. The Morgan fingerprint density at radius 2 is 1.84 bits per heavy atom. The zero-order valence-corrected chi connectivity index (χ0v) is 16.8. The van der Waals surface area contributed by atoms with Crippen molar-refractivity contribution in [2.75, 3.05) is 13.1 Å². The maximum absolute atomic E-state index is 12.9. The molecule has 140 valence electrons. The molecule has 7 heteroatoms. The van der Waals surface area contributed by atoms with Crippen LogP contribution in [0.4, 0.5) is 0 Å². The average Bonchev–Trinajstić information content (AvgIpc) is 2.55. The second-order valence-corrected chi connectivity index (χ2v) is 9.58. The molecule has 0 radical (unpaired) electrons. The van der Waals surface area contributed by atoms with E-state index in [1.807, 2.05) is 20.8 Å². The molecule has 1 aliphatic rings. The van der Waals surface area contributed by atoms with E-state index in [0.717, 1.165) is 12.8 Å². The van der Waals surface area contributed by atoms with E-state index < -0.39 is 10.0 Å². The van der Waals surface area contributed by atoms with E-state index in [0.29, 0.717) is 19.0 Å². The summed E-state index contributed by atoms with van der Waals surface area (Å²) in [7, 11) is -3.61. The normalized spacial score (nSPS) is 18.3. The number of halogens is 1. The van der Waals surface area contributed by atoms with Crippen molar-refractivity contribution in [2.45, 2.75) is 51.5 Å². The number of nitrogens with zero attached hydrogens (tertiary/aromatic N) is 1. The molecule has 0 unspecified atom stereocenters. The monoisotopic (exact) mass is 386 g/mol. The van der Waals surface area contributed by atoms with Crippen LogP contribution in [-0.4, -0.2) is 37.8 Å². The van der Waals surface area contributed by atoms with Gasteiger partial charge in [0.25, 0.3) is 5.91 Å². The molecule has 1 amide bonds. The fraction of sp³-hybridized carbons (Fsp3) is 0.611. The Labute approximate surface area is 155 Å². The summed E-state index contributed by atoms with van der Waals surface area (Å²) < 4.78 is 27.2. The number of carbonyl (C=O) groups excluding carboxylic acids is 1. The number of benzene rings is 1. The van der Waals surface area contributed by atoms with Gasteiger partial charge in [-0.2, -0.15) is 4.31 Å². The number of hydrogen-bond acceptors (Lipinski definition) is 3. The maximum atomic E-state index is 12.9. The fourth-order valence-corrected chi connectivity index (χ4v) is 4.36. The first-order valence-corrected chi connectivity index (χ1v) is 10.5. The van der Waals surface area contributed by atoms with Crippen LogP contribution in [-0.2, 0) is 10.0 Å². The molecule has 1 atom stereocenters. The number of rotatable bonds is 5. The Balaban J connectivity index is 2.27. The second-order valence-electron chi connectivity index (χ2n) is 7.23. The summed E-state index contributed by atoms with van der Waals surface area (Å²) in [6, 6.07) is 4.30. The van der Waals surface area contributed by atoms with E-state index in [1.165, 1.54) is 22.5 Å². The molecule has 25 heavy (non-hydrogen) atoms. The van der Waals surface area contributed by atoms with Crippen molar-refractivity contribution in [2.24, 2.45) is 11.8 Å². The van der Waals surface area contributed by atoms with Crippen LogP contribution in [0.2, 0.25) is 5.02 Å². The van der Waals surface area contributed by atoms with Gasteiger partial charge in [0.1, 0.15) is 0 Å². The van der Waals surface area contributed by atoms with Gasteiger partial charge in [0.05, 0.1) is 15.5 Å². The van der Waals surface area contributed by atoms with E-state index in [1.54, 1.807) is 0 Å². The maximum Gasteiger partial charge on any atom is 0.253 e. The topological polar surface area (TPSA) is 66.5 Å². The van der Waals surface area contributed by atoms with Gasteiger partial charge >= 0.3 is 0 Å². The lowest BCUT2D eigenvalue weighted by molar-refractivity contribution is 0.0930. The SMILES string of the molecule is CC1CCN(S(=O)(=O)c2ccc(Cl)c(C(=O)N[C@H](C)C(C)C)c2)CC1. The van der Waals surface area contributed by atoms with Gasteiger partial charge in [-0.1, -0.05) is 32.4 Å². The van der Waals surface area contributed by atoms with Crippen LogP contribution in [0.5, 0.6) is 0 Å². The minimum Gasteiger partial charge on any atom is -0.349 e. The van der Waals surface area contributed by atoms with Crippen molar-refractivity contribution in [3.05, 3.63) is 28.8 Å². The largest absolute Gasteiger partial charge is 0.349 e. The van der Waals surface area contributed by atoms with Gasteiger partial charge in [0.2, 0.25) is 10.0 Å². The first kappa shape index (κ1) is 20.2. The number of nitrogens with one attached hydrogen (secondary N) is 1. The third kappa shape index (κ3) is 4.74. The first-order valence-electron chi connectivity index (χ1n) is 8.73. The second kappa shape index (κ2) is 8.06. The van der Waals surface area contributed by atoms with Crippen LogP contribution < -0.4 is 5.32 Å². The standard InChI is InChI=1S/C18H27ClN2O3S/c1-12(2)14(4)20-18(22)16-11-15(5-6-17(16)19)25(23,24)21-9-7-13(3)8-10-21/h5-6,11-14H,7-10H2,1-4H3,(H,20,22)/t14-/m1/s1. The molecule has 5 nitrogen and oxygen atoms in total. The van der Waals surface area contributed by atoms with Gasteiger partial charge in [-0.25, -0.2) is 8.42 Å². The van der Waals surface area contributed by atoms with Crippen LogP contribution >= 0.6 is 11.6 Å². The lowest BCUT2D eigenvalue weighted by Gasteiger charge is -2.29. The first-order chi connectivity index (χ1) is 11.6. The molecule has 1 fully saturated rings. The van der Waals surface area contributed by atoms with Crippen molar-refractivity contribution in [1.82, 2.24) is 9.62 Å². The highest BCUT2D eigenvalue weighted by Gasteiger charge is 2.29. The Morgan fingerprint density at radius 1 is 1.24 bits per heavy atom. The Morgan fingerprint density at radius 3 is 2.40 bits per heavy atom. The van der Waals surface area contributed by atoms with Crippen molar-refractivity contribution in [3.63, 3.8) is 0 Å². The van der Waals surface area contributed by atoms with E-state index >= 15 is 0 Å². The minimum absolute atomic E-state index is 0.0348. The number of amides is 1. The van der Waals surface area contributed by atoms with Crippen molar-refractivity contribution in [3.8, 4) is 0 Å². The summed E-state index contributed by atoms with van der Waals surface area (Å²) in [6.07, 6.45) is 1.71. The molecule has 1 saturated heterocycles. The lowest BCUT2D eigenvalue weighted by atomic mass is 10.0. The highest BCUT2D eigenvalue weighted by Crippen LogP contribution is 2.26. The van der Waals surface area contributed by atoms with Gasteiger partial charge < -0.3 is 5.32 Å². The molecule has 1 aromatic rings. The summed E-state index contributed by atoms with van der Waals surface area (Å²) in [4.78, 5) is 12.6. The quantitative estimate of drug-likeness (QED) is 0.841. The number of sulfonamides is 1. The summed E-state index contributed by atoms with van der Waals surface area (Å²) >= 11 is 6.14. The molecule has 0 aliphatic carbocycles. The molecular formula is C18H27ClN2O3S. The van der Waals surface area contributed by atoms with Gasteiger partial charge in [-0.05, 0) is 49.8 Å². The van der Waals surface area contributed by atoms with Gasteiger partial charge in [0.15, 0.2) is 0 Å². The van der Waals surface area contributed by atoms with Crippen molar-refractivity contribution >= 4 is 27.5 Å². The van der Waals surface area contributed by atoms with E-state index in [-0.39, 0.29) is 33.3 Å². The van der Waals surface area contributed by atoms with E-state index in [4.69, 9.17) is 11.6 Å². The highest BCUT2D eigenvalue weighted by atomic mass is 35.5. The highest BCUT2D eigenvalue weighted by molar-refractivity contribution is 7.89. The predicted octanol–water partition coefficient (Wildman–Crippen LogP) is 3.53. The van der Waals surface area contributed by atoms with Crippen molar-refractivity contribution < 1.29 is 13.2 Å². The van der Waals surface area contributed by atoms with Crippen LogP contribution in [0.3, 0.4) is 0 Å². The molecule has 0 spiro atoms. The number of hydrogen-bond donors (Lipinski definition) is 1. The van der Waals surface area contributed by atoms with Crippen LogP contribution in [0.1, 0.15) is 50.9 Å². The van der Waals surface area contributed by atoms with Gasteiger partial charge in [-0.3, -0.25) is 4.79 Å². The molecule has 1 N–H and O–H groups in total. The van der Waals surface area contributed by atoms with Gasteiger partial charge in [-0.15, -0.1) is 0 Å². The molecule has 0 saturated carbocycles. The molecule has 1 heterocycles. The predicted molar refractivity (Wildman–Crippen MR) is 100 cm³/mol. The summed E-state index contributed by atoms with van der Waals surface area (Å²) in [6.45, 7) is 9.07. The van der Waals surface area contributed by atoms with E-state index in [9.17, 15) is 13.2 Å². The lowest BCUT2D eigenvalue weighted by Crippen LogP contribution is -2.38. The van der Waals surface area contributed by atoms with Crippen LogP contribution in [0.25, 0.3) is 0 Å². The smallest absolute Gasteiger partial charge is 0.253 e. The number of piperidine rings is 1. The molecular weight excluding hydrogens is 360 g/mol. The third-order valence-electron chi connectivity index (χ3n) is 4.92. The summed E-state index contributed by atoms with van der Waals surface area (Å²) in [5.74, 6) is 0.455. The summed E-state index contributed by atoms with van der Waals surface area (Å²) in [5, 5.41) is 3.12. The molecule has 2 rings (SSSR count). The summed E-state index contributed by atoms with van der Waals surface area (Å²) in [5.41, 5.74) is 0.195. The zero-order chi connectivity index (χ0) is 18.8. The average molecular weight is 387 g/mol. The van der Waals surface area contributed by atoms with Crippen molar-refractivity contribution in [1.29, 1.82) is 0 Å². The van der Waals surface area contributed by atoms with Crippen LogP contribution in [0.15, 0.2) is 23.1 Å². The third-order valence-corrected chi connectivity index (χ3v) is 7.15. The van der Waals surface area contributed by atoms with Gasteiger partial charge in [0, 0.05) is 19.1 Å². The van der Waals surface area contributed by atoms with Crippen LogP contribution in [0, 0.1) is 11.8 Å².